The zero-order chi connectivity index (χ0) is 16.8. The molecule has 0 spiro atoms. The zero-order valence-electron chi connectivity index (χ0n) is 13.9. The van der Waals surface area contributed by atoms with Gasteiger partial charge in [0.05, 0.1) is 12.6 Å². The molecule has 1 aromatic heterocycles. The summed E-state index contributed by atoms with van der Waals surface area (Å²) in [7, 11) is 0. The number of nitrogens with zero attached hydrogens (tertiary/aromatic N) is 1. The molecule has 0 saturated heterocycles. The molecule has 0 aliphatic rings. The van der Waals surface area contributed by atoms with Gasteiger partial charge in [0, 0.05) is 12.1 Å². The molecule has 1 aromatic carbocycles. The molecule has 0 saturated carbocycles. The Labute approximate surface area is 136 Å². The van der Waals surface area contributed by atoms with E-state index < -0.39 is 0 Å². The van der Waals surface area contributed by atoms with Crippen LogP contribution in [-0.4, -0.2) is 23.7 Å². The van der Waals surface area contributed by atoms with E-state index in [4.69, 9.17) is 9.26 Å². The van der Waals surface area contributed by atoms with E-state index in [2.05, 4.69) is 15.8 Å². The van der Waals surface area contributed by atoms with E-state index in [1.165, 1.54) is 0 Å². The topological polar surface area (TPSA) is 76.4 Å². The monoisotopic (exact) mass is 317 g/mol. The van der Waals surface area contributed by atoms with Crippen molar-refractivity contribution in [1.82, 2.24) is 10.5 Å². The number of aromatic nitrogens is 1. The maximum Gasteiger partial charge on any atom is 0.242 e. The van der Waals surface area contributed by atoms with Gasteiger partial charge in [0.15, 0.2) is 5.82 Å². The van der Waals surface area contributed by atoms with Gasteiger partial charge in [-0.2, -0.15) is 0 Å². The van der Waals surface area contributed by atoms with Crippen LogP contribution in [0.3, 0.4) is 0 Å². The molecule has 0 unspecified atom stereocenters. The Bertz CT molecular complexity index is 637. The lowest BCUT2D eigenvalue weighted by Gasteiger charge is -2.19. The third kappa shape index (κ3) is 4.82. The van der Waals surface area contributed by atoms with E-state index in [0.717, 1.165) is 11.3 Å². The van der Waals surface area contributed by atoms with E-state index >= 15 is 0 Å². The van der Waals surface area contributed by atoms with Gasteiger partial charge in [0.1, 0.15) is 11.5 Å². The first-order chi connectivity index (χ1) is 11.0. The summed E-state index contributed by atoms with van der Waals surface area (Å²) >= 11 is 0. The summed E-state index contributed by atoms with van der Waals surface area (Å²) in [5.41, 5.74) is 1.09. The summed E-state index contributed by atoms with van der Waals surface area (Å²) in [6.07, 6.45) is 0. The molecule has 1 heterocycles. The third-order valence-corrected chi connectivity index (χ3v) is 3.46. The van der Waals surface area contributed by atoms with Gasteiger partial charge in [-0.25, -0.2) is 0 Å². The number of carbonyl (C=O) groups is 1. The summed E-state index contributed by atoms with van der Waals surface area (Å²) < 4.78 is 10.4. The fourth-order valence-electron chi connectivity index (χ4n) is 2.23. The van der Waals surface area contributed by atoms with E-state index in [1.54, 1.807) is 13.0 Å². The van der Waals surface area contributed by atoms with Gasteiger partial charge in [-0.3, -0.25) is 10.1 Å². The Morgan fingerprint density at radius 1 is 1.30 bits per heavy atom. The second kappa shape index (κ2) is 7.78. The highest BCUT2D eigenvalue weighted by atomic mass is 16.5. The van der Waals surface area contributed by atoms with Gasteiger partial charge in [-0.1, -0.05) is 17.3 Å². The van der Waals surface area contributed by atoms with Gasteiger partial charge in [0.25, 0.3) is 0 Å². The largest absolute Gasteiger partial charge is 0.494 e. The van der Waals surface area contributed by atoms with Gasteiger partial charge < -0.3 is 14.6 Å². The smallest absolute Gasteiger partial charge is 0.242 e. The summed E-state index contributed by atoms with van der Waals surface area (Å²) in [6, 6.07) is 9.20. The average molecular weight is 317 g/mol. The number of carbonyl (C=O) groups excluding carboxylic acids is 1. The van der Waals surface area contributed by atoms with E-state index in [0.29, 0.717) is 18.2 Å². The standard InChI is InChI=1S/C17H23N3O3/c1-5-22-15-8-6-14(7-9-15)12(3)18-13(4)17(21)19-16-10-11(2)23-20-16/h6-10,12-13,18H,5H2,1-4H3,(H,19,20,21)/t12-,13-/m1/s1. The summed E-state index contributed by atoms with van der Waals surface area (Å²) in [4.78, 5) is 12.2. The molecule has 2 aromatic rings. The molecular formula is C17H23N3O3. The molecule has 2 rings (SSSR count). The number of aryl methyl sites for hydroxylation is 1. The van der Waals surface area contributed by atoms with Crippen molar-refractivity contribution in [2.24, 2.45) is 0 Å². The third-order valence-electron chi connectivity index (χ3n) is 3.46. The lowest BCUT2D eigenvalue weighted by atomic mass is 10.1. The van der Waals surface area contributed by atoms with Crippen molar-refractivity contribution in [3.8, 4) is 5.75 Å². The lowest BCUT2D eigenvalue weighted by Crippen LogP contribution is -2.39. The minimum absolute atomic E-state index is 0.0328. The first-order valence-corrected chi connectivity index (χ1v) is 7.72. The summed E-state index contributed by atoms with van der Waals surface area (Å²) in [5, 5.41) is 9.74. The van der Waals surface area contributed by atoms with Crippen LogP contribution >= 0.6 is 0 Å². The normalized spacial score (nSPS) is 13.4. The number of nitrogens with one attached hydrogen (secondary N) is 2. The minimum atomic E-state index is -0.367. The van der Waals surface area contributed by atoms with Crippen molar-refractivity contribution in [2.75, 3.05) is 11.9 Å². The second-order valence-corrected chi connectivity index (χ2v) is 5.42. The van der Waals surface area contributed by atoms with Crippen LogP contribution in [0.25, 0.3) is 0 Å². The van der Waals surface area contributed by atoms with Crippen LogP contribution in [0.1, 0.15) is 38.1 Å². The number of amides is 1. The fraction of sp³-hybridized carbons (Fsp3) is 0.412. The molecule has 2 N–H and O–H groups in total. The number of rotatable bonds is 7. The van der Waals surface area contributed by atoms with Gasteiger partial charge >= 0.3 is 0 Å². The molecule has 124 valence electrons. The first-order valence-electron chi connectivity index (χ1n) is 7.72. The van der Waals surface area contributed by atoms with Crippen molar-refractivity contribution >= 4 is 11.7 Å². The SMILES string of the molecule is CCOc1ccc([C@@H](C)N[C@H](C)C(=O)Nc2cc(C)on2)cc1. The van der Waals surface area contributed by atoms with Crippen molar-refractivity contribution in [1.29, 1.82) is 0 Å². The molecule has 0 fully saturated rings. The van der Waals surface area contributed by atoms with Gasteiger partial charge in [-0.15, -0.1) is 0 Å². The molecule has 1 amide bonds. The lowest BCUT2D eigenvalue weighted by molar-refractivity contribution is -0.118. The molecule has 0 aliphatic carbocycles. The van der Waals surface area contributed by atoms with Crippen molar-refractivity contribution in [3.63, 3.8) is 0 Å². The quantitative estimate of drug-likeness (QED) is 0.821. The Balaban J connectivity index is 1.90. The molecule has 23 heavy (non-hydrogen) atoms. The number of hydrogen-bond donors (Lipinski definition) is 2. The van der Waals surface area contributed by atoms with Crippen molar-refractivity contribution < 1.29 is 14.1 Å². The van der Waals surface area contributed by atoms with Crippen LogP contribution in [0.2, 0.25) is 0 Å². The predicted octanol–water partition coefficient (Wildman–Crippen LogP) is 3.06. The first kappa shape index (κ1) is 17.0. The van der Waals surface area contributed by atoms with Crippen LogP contribution in [0.5, 0.6) is 5.75 Å². The number of hydrogen-bond acceptors (Lipinski definition) is 5. The summed E-state index contributed by atoms with van der Waals surface area (Å²) in [6.45, 7) is 8.20. The van der Waals surface area contributed by atoms with Crippen LogP contribution in [-0.2, 0) is 4.79 Å². The molecule has 0 bridgehead atoms. The minimum Gasteiger partial charge on any atom is -0.494 e. The number of ether oxygens (including phenoxy) is 1. The van der Waals surface area contributed by atoms with E-state index in [1.807, 2.05) is 45.0 Å². The van der Waals surface area contributed by atoms with Gasteiger partial charge in [-0.05, 0) is 45.4 Å². The average Bonchev–Trinajstić information content (AvgIpc) is 2.93. The highest BCUT2D eigenvalue weighted by molar-refractivity contribution is 5.93. The molecule has 2 atom stereocenters. The fourth-order valence-corrected chi connectivity index (χ4v) is 2.23. The Hall–Kier alpha value is -2.34. The zero-order valence-corrected chi connectivity index (χ0v) is 13.9. The Morgan fingerprint density at radius 2 is 2.00 bits per heavy atom. The number of benzene rings is 1. The van der Waals surface area contributed by atoms with Crippen LogP contribution in [0, 0.1) is 6.92 Å². The molecule has 6 heteroatoms. The van der Waals surface area contributed by atoms with Crippen molar-refractivity contribution in [2.45, 2.75) is 39.8 Å². The van der Waals surface area contributed by atoms with Gasteiger partial charge in [0.2, 0.25) is 5.91 Å². The predicted molar refractivity (Wildman–Crippen MR) is 88.5 cm³/mol. The van der Waals surface area contributed by atoms with Crippen LogP contribution in [0.4, 0.5) is 5.82 Å². The Kier molecular flexibility index (Phi) is 5.76. The number of anilines is 1. The van der Waals surface area contributed by atoms with Crippen LogP contribution in [0.15, 0.2) is 34.9 Å². The van der Waals surface area contributed by atoms with Crippen LogP contribution < -0.4 is 15.4 Å². The summed E-state index contributed by atoms with van der Waals surface area (Å²) in [5.74, 6) is 1.77. The molecule has 6 nitrogen and oxygen atoms in total. The molecular weight excluding hydrogens is 294 g/mol. The van der Waals surface area contributed by atoms with E-state index in [-0.39, 0.29) is 18.0 Å². The highest BCUT2D eigenvalue weighted by Crippen LogP contribution is 2.18. The molecule has 0 aliphatic heterocycles. The van der Waals surface area contributed by atoms with Crippen molar-refractivity contribution in [3.05, 3.63) is 41.7 Å². The second-order valence-electron chi connectivity index (χ2n) is 5.42. The Morgan fingerprint density at radius 3 is 2.57 bits per heavy atom. The molecule has 0 radical (unpaired) electrons. The maximum absolute atomic E-state index is 12.2. The highest BCUT2D eigenvalue weighted by Gasteiger charge is 2.17. The maximum atomic E-state index is 12.2. The van der Waals surface area contributed by atoms with E-state index in [9.17, 15) is 4.79 Å².